The van der Waals surface area contributed by atoms with E-state index in [2.05, 4.69) is 19.7 Å². The van der Waals surface area contributed by atoms with Crippen LogP contribution in [0.4, 0.5) is 26.3 Å². The topological polar surface area (TPSA) is 123 Å². The van der Waals surface area contributed by atoms with Gasteiger partial charge in [-0.05, 0) is 37.3 Å². The van der Waals surface area contributed by atoms with Gasteiger partial charge in [-0.15, -0.1) is 13.2 Å². The highest BCUT2D eigenvalue weighted by Gasteiger charge is 2.39. The van der Waals surface area contributed by atoms with E-state index in [9.17, 15) is 40.0 Å². The van der Waals surface area contributed by atoms with Crippen LogP contribution in [0.1, 0.15) is 12.5 Å². The molecule has 1 aromatic carbocycles. The zero-order valence-electron chi connectivity index (χ0n) is 18.9. The molecule has 198 valence electrons. The van der Waals surface area contributed by atoms with E-state index in [1.54, 1.807) is 0 Å². The van der Waals surface area contributed by atoms with Crippen molar-refractivity contribution in [3.63, 3.8) is 0 Å². The van der Waals surface area contributed by atoms with Crippen LogP contribution in [0.3, 0.4) is 0 Å². The van der Waals surface area contributed by atoms with Crippen LogP contribution in [0.2, 0.25) is 0 Å². The molecular formula is C22H14F6N6O3S. The Morgan fingerprint density at radius 1 is 1.05 bits per heavy atom. The van der Waals surface area contributed by atoms with Gasteiger partial charge in [-0.3, -0.25) is 14.5 Å². The van der Waals surface area contributed by atoms with Crippen molar-refractivity contribution in [1.29, 1.82) is 5.26 Å². The summed E-state index contributed by atoms with van der Waals surface area (Å²) in [6.45, 7) is 0.634. The third-order valence-corrected chi connectivity index (χ3v) is 6.70. The van der Waals surface area contributed by atoms with Gasteiger partial charge >= 0.3 is 12.5 Å². The molecule has 0 aliphatic heterocycles. The fourth-order valence-corrected chi connectivity index (χ4v) is 4.69. The number of fused-ring (bicyclic) bond motifs is 1. The summed E-state index contributed by atoms with van der Waals surface area (Å²) in [5.41, 5.74) is 0.0770. The van der Waals surface area contributed by atoms with Gasteiger partial charge in [0, 0.05) is 24.0 Å². The number of alkyl halides is 6. The maximum atomic E-state index is 12.8. The number of rotatable bonds is 6. The van der Waals surface area contributed by atoms with Crippen molar-refractivity contribution >= 4 is 20.9 Å². The predicted molar refractivity (Wildman–Crippen MR) is 119 cm³/mol. The van der Waals surface area contributed by atoms with Gasteiger partial charge in [0.2, 0.25) is 10.0 Å². The fraction of sp³-hybridized carbons (Fsp3) is 0.182. The first-order chi connectivity index (χ1) is 17.7. The molecule has 0 radical (unpaired) electrons. The Bertz CT molecular complexity index is 1630. The Balaban J connectivity index is 1.88. The van der Waals surface area contributed by atoms with E-state index in [4.69, 9.17) is 0 Å². The van der Waals surface area contributed by atoms with E-state index in [0.29, 0.717) is 6.92 Å². The quantitative estimate of drug-likeness (QED) is 0.348. The number of halogens is 6. The zero-order valence-corrected chi connectivity index (χ0v) is 19.7. The number of benzene rings is 1. The Kier molecular flexibility index (Phi) is 6.76. The van der Waals surface area contributed by atoms with E-state index >= 15 is 0 Å². The molecule has 3 aromatic heterocycles. The molecule has 0 fully saturated rings. The molecule has 0 aliphatic carbocycles. The number of hydrogen-bond donors (Lipinski definition) is 1. The number of hydrogen-bond acceptors (Lipinski definition) is 7. The zero-order chi connectivity index (χ0) is 27.9. The van der Waals surface area contributed by atoms with Crippen LogP contribution in [0.5, 0.6) is 5.75 Å². The molecule has 16 heteroatoms. The van der Waals surface area contributed by atoms with Gasteiger partial charge in [-0.1, -0.05) is 0 Å². The third-order valence-electron chi connectivity index (χ3n) is 5.17. The van der Waals surface area contributed by atoms with E-state index < -0.39 is 39.2 Å². The van der Waals surface area contributed by atoms with Crippen LogP contribution in [0.15, 0.2) is 60.0 Å². The lowest BCUT2D eigenvalue weighted by molar-refractivity contribution is -0.274. The summed E-state index contributed by atoms with van der Waals surface area (Å²) in [5.74, 6) is -0.443. The molecule has 4 rings (SSSR count). The van der Waals surface area contributed by atoms with E-state index in [1.165, 1.54) is 33.9 Å². The summed E-state index contributed by atoms with van der Waals surface area (Å²) in [6.07, 6.45) is -5.02. The molecule has 0 unspecified atom stereocenters. The lowest BCUT2D eigenvalue weighted by Gasteiger charge is -2.17. The van der Waals surface area contributed by atoms with Gasteiger partial charge in [-0.2, -0.15) is 23.2 Å². The largest absolute Gasteiger partial charge is 0.573 e. The van der Waals surface area contributed by atoms with E-state index in [1.807, 2.05) is 6.07 Å². The molecule has 0 amide bonds. The van der Waals surface area contributed by atoms with Gasteiger partial charge < -0.3 is 4.74 Å². The van der Waals surface area contributed by atoms with Crippen molar-refractivity contribution < 1.29 is 39.5 Å². The Labute approximate surface area is 210 Å². The van der Waals surface area contributed by atoms with Gasteiger partial charge in [0.1, 0.15) is 22.8 Å². The van der Waals surface area contributed by atoms with Crippen LogP contribution < -0.4 is 9.46 Å². The maximum absolute atomic E-state index is 12.8. The summed E-state index contributed by atoms with van der Waals surface area (Å²) in [6, 6.07) is 4.94. The normalized spacial score (nSPS) is 13.3. The lowest BCUT2D eigenvalue weighted by atomic mass is 10.1. The SMILES string of the molecule is C[C@H](NS(=O)(=O)c1ccc(-c2c(C#N)c3cc(OC(F)(F)F)ccc3n2-c2cnccn2)nc1)C(F)(F)F. The number of nitrogens with zero attached hydrogens (tertiary/aromatic N) is 5. The van der Waals surface area contributed by atoms with Crippen molar-refractivity contribution in [3.8, 4) is 29.0 Å². The minimum absolute atomic E-state index is 0.0210. The van der Waals surface area contributed by atoms with Gasteiger partial charge in [0.05, 0.1) is 28.7 Å². The second kappa shape index (κ2) is 9.58. The van der Waals surface area contributed by atoms with Gasteiger partial charge in [0.15, 0.2) is 5.82 Å². The molecule has 3 heterocycles. The summed E-state index contributed by atoms with van der Waals surface area (Å²) in [5, 5.41) is 9.95. The maximum Gasteiger partial charge on any atom is 0.573 e. The minimum atomic E-state index is -4.99. The lowest BCUT2D eigenvalue weighted by Crippen LogP contribution is -2.42. The Morgan fingerprint density at radius 2 is 1.79 bits per heavy atom. The third kappa shape index (κ3) is 5.38. The molecule has 4 aromatic rings. The van der Waals surface area contributed by atoms with Crippen LogP contribution in [0.25, 0.3) is 28.1 Å². The van der Waals surface area contributed by atoms with Gasteiger partial charge in [-0.25, -0.2) is 13.4 Å². The number of ether oxygens (including phenoxy) is 1. The number of nitrogens with one attached hydrogen (secondary N) is 1. The van der Waals surface area contributed by atoms with Crippen molar-refractivity contribution in [2.45, 2.75) is 30.4 Å². The number of pyridine rings is 1. The highest BCUT2D eigenvalue weighted by atomic mass is 32.2. The molecule has 38 heavy (non-hydrogen) atoms. The fourth-order valence-electron chi connectivity index (χ4n) is 3.51. The second-order valence-electron chi connectivity index (χ2n) is 7.72. The molecule has 9 nitrogen and oxygen atoms in total. The second-order valence-corrected chi connectivity index (χ2v) is 9.44. The summed E-state index contributed by atoms with van der Waals surface area (Å²) < 4.78 is 108. The van der Waals surface area contributed by atoms with Crippen LogP contribution >= 0.6 is 0 Å². The van der Waals surface area contributed by atoms with Crippen LogP contribution in [-0.2, 0) is 10.0 Å². The van der Waals surface area contributed by atoms with Crippen LogP contribution in [0, 0.1) is 11.3 Å². The molecule has 1 N–H and O–H groups in total. The van der Waals surface area contributed by atoms with Crippen molar-refractivity contribution in [2.24, 2.45) is 0 Å². The van der Waals surface area contributed by atoms with E-state index in [-0.39, 0.29) is 33.7 Å². The molecule has 0 saturated carbocycles. The van der Waals surface area contributed by atoms with Crippen molar-refractivity contribution in [3.05, 3.63) is 60.7 Å². The first-order valence-corrected chi connectivity index (χ1v) is 11.9. The molecule has 0 saturated heterocycles. The summed E-state index contributed by atoms with van der Waals surface area (Å²) >= 11 is 0. The summed E-state index contributed by atoms with van der Waals surface area (Å²) in [7, 11) is -4.62. The van der Waals surface area contributed by atoms with Crippen molar-refractivity contribution in [1.82, 2.24) is 24.2 Å². The highest BCUT2D eigenvalue weighted by molar-refractivity contribution is 7.89. The molecule has 0 aliphatic rings. The van der Waals surface area contributed by atoms with Crippen LogP contribution in [-0.4, -0.2) is 46.5 Å². The highest BCUT2D eigenvalue weighted by Crippen LogP contribution is 2.37. The Morgan fingerprint density at radius 3 is 2.34 bits per heavy atom. The Hall–Kier alpha value is -4.23. The number of aromatic nitrogens is 4. The van der Waals surface area contributed by atoms with Gasteiger partial charge in [0.25, 0.3) is 0 Å². The smallest absolute Gasteiger partial charge is 0.406 e. The molecule has 0 spiro atoms. The molecular weight excluding hydrogens is 542 g/mol. The molecule has 1 atom stereocenters. The first kappa shape index (κ1) is 26.8. The summed E-state index contributed by atoms with van der Waals surface area (Å²) in [4.78, 5) is 11.6. The average molecular weight is 556 g/mol. The van der Waals surface area contributed by atoms with Crippen molar-refractivity contribution in [2.75, 3.05) is 0 Å². The first-order valence-electron chi connectivity index (χ1n) is 10.4. The van der Waals surface area contributed by atoms with E-state index in [0.717, 1.165) is 30.5 Å². The number of nitriles is 1. The number of sulfonamides is 1. The average Bonchev–Trinajstić information content (AvgIpc) is 3.16. The molecule has 0 bridgehead atoms. The predicted octanol–water partition coefficient (Wildman–Crippen LogP) is 4.48. The minimum Gasteiger partial charge on any atom is -0.406 e. The standard InChI is InChI=1S/C22H14F6N6O3S/c1-12(21(23,24)25)33-38(35,36)14-3-4-17(32-10-14)20-16(9-29)15-8-13(37-22(26,27)28)2-5-18(15)34(20)19-11-30-6-7-31-19/h2-8,10-12,33H,1H3/t12-/m0/s1. The monoisotopic (exact) mass is 556 g/mol.